The van der Waals surface area contributed by atoms with E-state index in [9.17, 15) is 77.8 Å². The first kappa shape index (κ1) is 46.3. The first-order valence-corrected chi connectivity index (χ1v) is 25.6. The highest BCUT2D eigenvalue weighted by molar-refractivity contribution is 7.87. The van der Waals surface area contributed by atoms with Crippen LogP contribution in [0.2, 0.25) is 0 Å². The first-order valence-electron chi connectivity index (χ1n) is 17.0. The van der Waals surface area contributed by atoms with Gasteiger partial charge in [-0.3, -0.25) is 27.3 Å². The molecule has 0 aliphatic heterocycles. The van der Waals surface area contributed by atoms with Crippen LogP contribution in [0, 0.1) is 13.8 Å². The Bertz CT molecular complexity index is 3580. The fourth-order valence-corrected chi connectivity index (χ4v) is 11.1. The van der Waals surface area contributed by atoms with Crippen molar-refractivity contribution in [3.05, 3.63) is 120 Å². The third kappa shape index (κ3) is 9.55. The van der Waals surface area contributed by atoms with Crippen molar-refractivity contribution in [3.8, 4) is 55.6 Å². The van der Waals surface area contributed by atoms with Gasteiger partial charge in [-0.25, -0.2) is 0 Å². The van der Waals surface area contributed by atoms with Crippen molar-refractivity contribution in [2.75, 3.05) is 0 Å². The Balaban J connectivity index is 1.50. The van der Waals surface area contributed by atoms with Crippen molar-refractivity contribution < 1.29 is 77.8 Å². The highest BCUT2D eigenvalue weighted by Crippen LogP contribution is 2.41. The lowest BCUT2D eigenvalue weighted by molar-refractivity contribution is 0.480. The van der Waals surface area contributed by atoms with Gasteiger partial charge in [-0.05, 0) is 94.8 Å². The van der Waals surface area contributed by atoms with E-state index in [1.54, 1.807) is 0 Å². The van der Waals surface area contributed by atoms with Gasteiger partial charge in [0.15, 0.2) is 0 Å². The van der Waals surface area contributed by atoms with Crippen molar-refractivity contribution in [2.45, 2.75) is 43.2 Å². The molecule has 62 heavy (non-hydrogen) atoms. The lowest BCUT2D eigenvalue weighted by Crippen LogP contribution is -2.06. The second-order valence-electron chi connectivity index (χ2n) is 13.7. The van der Waals surface area contributed by atoms with Gasteiger partial charge in [-0.2, -0.15) is 50.5 Å². The molecule has 326 valence electrons. The van der Waals surface area contributed by atoms with Crippen molar-refractivity contribution in [1.82, 2.24) is 0 Å². The molecule has 0 unspecified atom stereocenters. The Hall–Kier alpha value is -5.22. The minimum Gasteiger partial charge on any atom is -0.282 e. The number of hydrogen-bond acceptors (Lipinski definition) is 12. The highest BCUT2D eigenvalue weighted by atomic mass is 32.2. The Kier molecular flexibility index (Phi) is 11.8. The topological polar surface area (TPSA) is 326 Å². The molecule has 0 amide bonds. The second-order valence-corrected chi connectivity index (χ2v) is 22.0. The zero-order valence-electron chi connectivity index (χ0n) is 31.4. The van der Waals surface area contributed by atoms with Crippen molar-refractivity contribution in [3.63, 3.8) is 0 Å². The zero-order valence-corrected chi connectivity index (χ0v) is 36.3. The molecule has 0 saturated carbocycles. The average Bonchev–Trinajstić information content (AvgIpc) is 3.15. The van der Waals surface area contributed by atoms with Gasteiger partial charge in [0, 0.05) is 22.3 Å². The minimum absolute atomic E-state index is 0.00563. The second kappa shape index (κ2) is 15.8. The number of hydrogen-bond donors (Lipinski definition) is 6. The third-order valence-electron chi connectivity index (χ3n) is 9.55. The van der Waals surface area contributed by atoms with Crippen LogP contribution in [0.5, 0.6) is 0 Å². The van der Waals surface area contributed by atoms with Gasteiger partial charge in [-0.1, -0.05) is 72.8 Å². The van der Waals surface area contributed by atoms with Crippen LogP contribution in [0.25, 0.3) is 55.6 Å². The fourth-order valence-electron chi connectivity index (χ4n) is 6.67. The van der Waals surface area contributed by atoms with E-state index in [1.807, 2.05) is 0 Å². The number of aryl methyl sites for hydroxylation is 2. The van der Waals surface area contributed by atoms with Crippen LogP contribution in [-0.4, -0.2) is 77.8 Å². The van der Waals surface area contributed by atoms with Crippen molar-refractivity contribution in [2.24, 2.45) is 0 Å². The van der Waals surface area contributed by atoms with Crippen molar-refractivity contribution >= 4 is 60.7 Å². The van der Waals surface area contributed by atoms with Gasteiger partial charge in [0.2, 0.25) is 0 Å². The van der Waals surface area contributed by atoms with Gasteiger partial charge in [0.05, 0.1) is 9.79 Å². The molecule has 24 heteroatoms. The summed E-state index contributed by atoms with van der Waals surface area (Å²) in [5.41, 5.74) is -1.86. The Morgan fingerprint density at radius 2 is 0.452 bits per heavy atom. The molecule has 0 saturated heterocycles. The van der Waals surface area contributed by atoms with Crippen LogP contribution in [0.4, 0.5) is 0 Å². The van der Waals surface area contributed by atoms with Gasteiger partial charge in [-0.15, -0.1) is 0 Å². The highest BCUT2D eigenvalue weighted by Gasteiger charge is 2.27. The summed E-state index contributed by atoms with van der Waals surface area (Å²) in [6.07, 6.45) is 0. The molecule has 0 fully saturated rings. The molecule has 6 aromatic carbocycles. The van der Waals surface area contributed by atoms with Gasteiger partial charge >= 0.3 is 0 Å². The molecular weight excluding hydrogens is 937 g/mol. The zero-order chi connectivity index (χ0) is 46.1. The van der Waals surface area contributed by atoms with E-state index < -0.39 is 101 Å². The Morgan fingerprint density at radius 3 is 0.758 bits per heavy atom. The number of benzene rings is 6. The van der Waals surface area contributed by atoms with Crippen LogP contribution in [0.1, 0.15) is 11.1 Å². The third-order valence-corrected chi connectivity index (χ3v) is 15.1. The quantitative estimate of drug-likeness (QED) is 0.0796. The molecule has 0 spiro atoms. The Morgan fingerprint density at radius 1 is 0.258 bits per heavy atom. The van der Waals surface area contributed by atoms with E-state index in [0.717, 1.165) is 60.7 Å². The summed E-state index contributed by atoms with van der Waals surface area (Å²) in [5, 5.41) is 0. The molecule has 0 atom stereocenters. The van der Waals surface area contributed by atoms with E-state index in [4.69, 9.17) is 0 Å². The Labute approximate surface area is 355 Å². The van der Waals surface area contributed by atoms with Gasteiger partial charge in [0.1, 0.15) is 19.6 Å². The van der Waals surface area contributed by atoms with E-state index in [0.29, 0.717) is 0 Å². The predicted octanol–water partition coefficient (Wildman–Crippen LogP) is 6.12. The molecule has 0 heterocycles. The fraction of sp³-hybridized carbons (Fsp3) is 0.0526. The molecule has 6 N–H and O–H groups in total. The molecule has 6 rings (SSSR count). The molecule has 18 nitrogen and oxygen atoms in total. The first-order chi connectivity index (χ1) is 28.4. The van der Waals surface area contributed by atoms with E-state index in [1.165, 1.54) is 62.4 Å². The monoisotopic (exact) mass is 966 g/mol. The van der Waals surface area contributed by atoms with Crippen molar-refractivity contribution in [1.29, 1.82) is 0 Å². The largest absolute Gasteiger partial charge is 0.295 e. The van der Waals surface area contributed by atoms with E-state index in [-0.39, 0.29) is 55.6 Å². The molecule has 0 aliphatic rings. The maximum Gasteiger partial charge on any atom is 0.295 e. The smallest absolute Gasteiger partial charge is 0.282 e. The molecule has 6 aromatic rings. The predicted molar refractivity (Wildman–Crippen MR) is 222 cm³/mol. The van der Waals surface area contributed by atoms with Gasteiger partial charge < -0.3 is 0 Å². The maximum atomic E-state index is 12.8. The molecule has 0 aliphatic carbocycles. The summed E-state index contributed by atoms with van der Waals surface area (Å²) < 4.78 is 210. The SMILES string of the molecule is Cc1ccc(-c2ccc(-c3ccc(-c4ccc(-c5ccc(-c6ccc(C)c(S(=O)(=O)O)c6)c(S(=O)(=O)O)c5)c(S(=O)(=O)O)c4)cc3S(=O)(=O)O)c(S(=O)(=O)O)c2)cc1S(=O)(=O)O. The van der Waals surface area contributed by atoms with E-state index >= 15 is 0 Å². The van der Waals surface area contributed by atoms with Crippen LogP contribution in [0.3, 0.4) is 0 Å². The minimum atomic E-state index is -5.28. The summed E-state index contributed by atoms with van der Waals surface area (Å²) in [4.78, 5) is -4.61. The average molecular weight is 967 g/mol. The summed E-state index contributed by atoms with van der Waals surface area (Å²) in [7, 11) is -30.3. The maximum absolute atomic E-state index is 12.8. The summed E-state index contributed by atoms with van der Waals surface area (Å²) in [5.74, 6) is 0. The molecule has 0 bridgehead atoms. The van der Waals surface area contributed by atoms with E-state index in [2.05, 4.69) is 0 Å². The molecule has 0 aromatic heterocycles. The van der Waals surface area contributed by atoms with Crippen LogP contribution in [-0.2, 0) is 60.7 Å². The molecule has 0 radical (unpaired) electrons. The van der Waals surface area contributed by atoms with Crippen LogP contribution < -0.4 is 0 Å². The van der Waals surface area contributed by atoms with Crippen LogP contribution in [0.15, 0.2) is 139 Å². The lowest BCUT2D eigenvalue weighted by atomic mass is 9.95. The number of rotatable bonds is 11. The van der Waals surface area contributed by atoms with Gasteiger partial charge in [0.25, 0.3) is 60.7 Å². The lowest BCUT2D eigenvalue weighted by Gasteiger charge is -2.16. The standard InChI is InChI=1S/C38H30O18S6/c1-21-3-5-23(15-33(21)57(39,40)41)25-8-13-31(37(17-25)61(51,52)53)32-14-9-26(18-38(32)62(54,55)56)24-7-11-29(35(16-24)59(45,46)47)28-10-12-30(36(20-28)60(48,49)50)27-6-4-22(2)34(19-27)58(42,43)44/h3-20H,1-2H3,(H,39,40,41)(H,42,43,44)(H,45,46,47)(H,48,49,50)(H,51,52,53)(H,54,55,56). The van der Waals surface area contributed by atoms with Crippen LogP contribution >= 0.6 is 0 Å². The summed E-state index contributed by atoms with van der Waals surface area (Å²) >= 11 is 0. The molecular formula is C38H30O18S6. The summed E-state index contributed by atoms with van der Waals surface area (Å²) in [6, 6.07) is 19.7. The summed E-state index contributed by atoms with van der Waals surface area (Å²) in [6.45, 7) is 2.75. The normalized spacial score (nSPS) is 13.0.